The molecule has 0 spiro atoms. The van der Waals surface area contributed by atoms with Crippen LogP contribution in [0.5, 0.6) is 5.75 Å². The molecule has 1 aliphatic heterocycles. The highest BCUT2D eigenvalue weighted by Crippen LogP contribution is 2.28. The number of rotatable bonds is 5. The second-order valence-electron chi connectivity index (χ2n) is 5.04. The van der Waals surface area contributed by atoms with Crippen LogP contribution in [0.15, 0.2) is 18.2 Å². The fraction of sp³-hybridized carbons (Fsp3) is 0.500. The first kappa shape index (κ1) is 15.2. The van der Waals surface area contributed by atoms with Crippen LogP contribution in [0.25, 0.3) is 0 Å². The topological polar surface area (TPSA) is 93.5 Å². The van der Waals surface area contributed by atoms with Crippen LogP contribution < -0.4 is 15.4 Å². The van der Waals surface area contributed by atoms with E-state index in [0.29, 0.717) is 12.5 Å². The van der Waals surface area contributed by atoms with Gasteiger partial charge in [0.25, 0.3) is 5.91 Å². The van der Waals surface area contributed by atoms with Crippen molar-refractivity contribution >= 4 is 11.6 Å². The number of nitrogens with zero attached hydrogens (tertiary/aromatic N) is 1. The predicted octanol–water partition coefficient (Wildman–Crippen LogP) is 1.33. The van der Waals surface area contributed by atoms with E-state index >= 15 is 0 Å². The van der Waals surface area contributed by atoms with Gasteiger partial charge in [0, 0.05) is 31.1 Å². The Balaban J connectivity index is 2.10. The van der Waals surface area contributed by atoms with Crippen LogP contribution in [0, 0.1) is 16.0 Å². The van der Waals surface area contributed by atoms with Crippen LogP contribution in [0.3, 0.4) is 0 Å². The van der Waals surface area contributed by atoms with Crippen molar-refractivity contribution in [3.63, 3.8) is 0 Å². The molecule has 0 aromatic heterocycles. The summed E-state index contributed by atoms with van der Waals surface area (Å²) in [5, 5.41) is 16.8. The highest BCUT2D eigenvalue weighted by Gasteiger charge is 2.20. The minimum atomic E-state index is -0.527. The summed E-state index contributed by atoms with van der Waals surface area (Å²) in [5.41, 5.74) is 0.0655. The maximum atomic E-state index is 11.5. The molecular weight excluding hydrogens is 274 g/mol. The molecule has 1 aliphatic rings. The van der Waals surface area contributed by atoms with Crippen LogP contribution >= 0.6 is 0 Å². The number of benzene rings is 1. The molecule has 1 saturated heterocycles. The highest BCUT2D eigenvalue weighted by atomic mass is 16.6. The van der Waals surface area contributed by atoms with E-state index in [-0.39, 0.29) is 22.9 Å². The Labute approximate surface area is 122 Å². The van der Waals surface area contributed by atoms with E-state index in [1.807, 2.05) is 0 Å². The van der Waals surface area contributed by atoms with Gasteiger partial charge in [-0.1, -0.05) is 0 Å². The third kappa shape index (κ3) is 3.91. The normalized spacial score (nSPS) is 18.0. The van der Waals surface area contributed by atoms with Crippen LogP contribution in [0.4, 0.5) is 5.69 Å². The molecule has 7 heteroatoms. The minimum absolute atomic E-state index is 0.181. The number of nitrogens with one attached hydrogen (secondary N) is 2. The maximum absolute atomic E-state index is 11.5. The number of amides is 1. The Kier molecular flexibility index (Phi) is 5.10. The zero-order valence-corrected chi connectivity index (χ0v) is 11.9. The van der Waals surface area contributed by atoms with E-state index in [1.54, 1.807) is 0 Å². The monoisotopic (exact) mass is 293 g/mol. The molecule has 21 heavy (non-hydrogen) atoms. The van der Waals surface area contributed by atoms with E-state index < -0.39 is 4.92 Å². The number of carbonyl (C=O) groups excluding carboxylic acids is 1. The molecule has 0 saturated carbocycles. The lowest BCUT2D eigenvalue weighted by molar-refractivity contribution is -0.385. The van der Waals surface area contributed by atoms with Crippen molar-refractivity contribution in [2.24, 2.45) is 5.92 Å². The number of nitro benzene ring substituents is 1. The SMILES string of the molecule is CNC(=O)c1ccc(OCC2CCCNC2)c([N+](=O)[O-])c1. The zero-order chi connectivity index (χ0) is 15.2. The molecule has 7 nitrogen and oxygen atoms in total. The van der Waals surface area contributed by atoms with Crippen molar-refractivity contribution in [3.8, 4) is 5.75 Å². The first-order chi connectivity index (χ1) is 10.1. The predicted molar refractivity (Wildman–Crippen MR) is 77.6 cm³/mol. The number of carbonyl (C=O) groups is 1. The molecule has 2 rings (SSSR count). The lowest BCUT2D eigenvalue weighted by atomic mass is 10.0. The zero-order valence-electron chi connectivity index (χ0n) is 11.9. The van der Waals surface area contributed by atoms with Gasteiger partial charge in [-0.25, -0.2) is 0 Å². The van der Waals surface area contributed by atoms with E-state index in [9.17, 15) is 14.9 Å². The molecule has 0 aliphatic carbocycles. The summed E-state index contributed by atoms with van der Waals surface area (Å²) in [5.74, 6) is 0.205. The third-order valence-corrected chi connectivity index (χ3v) is 3.52. The summed E-state index contributed by atoms with van der Waals surface area (Å²) in [6.07, 6.45) is 2.14. The summed E-state index contributed by atoms with van der Waals surface area (Å²) < 4.78 is 5.59. The molecule has 0 bridgehead atoms. The van der Waals surface area contributed by atoms with Gasteiger partial charge in [0.1, 0.15) is 0 Å². The molecule has 114 valence electrons. The highest BCUT2D eigenvalue weighted by molar-refractivity contribution is 5.94. The smallest absolute Gasteiger partial charge is 0.311 e. The lowest BCUT2D eigenvalue weighted by Gasteiger charge is -2.22. The van der Waals surface area contributed by atoms with Gasteiger partial charge in [-0.05, 0) is 31.5 Å². The van der Waals surface area contributed by atoms with Gasteiger partial charge in [0.2, 0.25) is 0 Å². The number of ether oxygens (including phenoxy) is 1. The molecule has 1 amide bonds. The Morgan fingerprint density at radius 1 is 1.57 bits per heavy atom. The standard InChI is InChI=1S/C14H19N3O4/c1-15-14(18)11-4-5-13(12(7-11)17(19)20)21-9-10-3-2-6-16-8-10/h4-5,7,10,16H,2-3,6,8-9H2,1H3,(H,15,18). The number of hydrogen-bond acceptors (Lipinski definition) is 5. The Morgan fingerprint density at radius 2 is 2.38 bits per heavy atom. The van der Waals surface area contributed by atoms with Crippen LogP contribution in [0.1, 0.15) is 23.2 Å². The largest absolute Gasteiger partial charge is 0.486 e. The van der Waals surface area contributed by atoms with E-state index in [4.69, 9.17) is 4.74 Å². The lowest BCUT2D eigenvalue weighted by Crippen LogP contribution is -2.33. The van der Waals surface area contributed by atoms with Crippen molar-refractivity contribution in [2.45, 2.75) is 12.8 Å². The van der Waals surface area contributed by atoms with Crippen molar-refractivity contribution < 1.29 is 14.5 Å². The number of piperidine rings is 1. The van der Waals surface area contributed by atoms with Gasteiger partial charge in [0.15, 0.2) is 5.75 Å². The second-order valence-corrected chi connectivity index (χ2v) is 5.04. The summed E-state index contributed by atoms with van der Waals surface area (Å²) in [6, 6.07) is 4.26. The molecule has 1 aromatic rings. The van der Waals surface area contributed by atoms with E-state index in [0.717, 1.165) is 25.9 Å². The number of hydrogen-bond donors (Lipinski definition) is 2. The van der Waals surface area contributed by atoms with Gasteiger partial charge in [0.05, 0.1) is 11.5 Å². The van der Waals surface area contributed by atoms with Crippen molar-refractivity contribution in [2.75, 3.05) is 26.7 Å². The molecule has 1 atom stereocenters. The van der Waals surface area contributed by atoms with Crippen molar-refractivity contribution in [1.29, 1.82) is 0 Å². The van der Waals surface area contributed by atoms with Crippen LogP contribution in [-0.2, 0) is 0 Å². The fourth-order valence-electron chi connectivity index (χ4n) is 2.34. The molecule has 1 aromatic carbocycles. The minimum Gasteiger partial charge on any atom is -0.486 e. The Hall–Kier alpha value is -2.15. The second kappa shape index (κ2) is 7.03. The first-order valence-corrected chi connectivity index (χ1v) is 6.96. The van der Waals surface area contributed by atoms with E-state index in [1.165, 1.54) is 25.2 Å². The van der Waals surface area contributed by atoms with Crippen molar-refractivity contribution in [1.82, 2.24) is 10.6 Å². The first-order valence-electron chi connectivity index (χ1n) is 6.96. The summed E-state index contributed by atoms with van der Waals surface area (Å²) in [7, 11) is 1.48. The third-order valence-electron chi connectivity index (χ3n) is 3.52. The van der Waals surface area contributed by atoms with Gasteiger partial charge in [-0.3, -0.25) is 14.9 Å². The van der Waals surface area contributed by atoms with Crippen molar-refractivity contribution in [3.05, 3.63) is 33.9 Å². The van der Waals surface area contributed by atoms with Crippen LogP contribution in [-0.4, -0.2) is 37.6 Å². The molecular formula is C14H19N3O4. The van der Waals surface area contributed by atoms with Gasteiger partial charge >= 0.3 is 5.69 Å². The average molecular weight is 293 g/mol. The Morgan fingerprint density at radius 3 is 3.00 bits per heavy atom. The van der Waals surface area contributed by atoms with Gasteiger partial charge in [-0.15, -0.1) is 0 Å². The maximum Gasteiger partial charge on any atom is 0.311 e. The molecule has 1 unspecified atom stereocenters. The van der Waals surface area contributed by atoms with Crippen LogP contribution in [0.2, 0.25) is 0 Å². The number of nitro groups is 1. The Bertz CT molecular complexity index is 527. The molecule has 1 heterocycles. The quantitative estimate of drug-likeness (QED) is 0.631. The van der Waals surface area contributed by atoms with Gasteiger partial charge in [-0.2, -0.15) is 0 Å². The summed E-state index contributed by atoms with van der Waals surface area (Å²) >= 11 is 0. The summed E-state index contributed by atoms with van der Waals surface area (Å²) in [4.78, 5) is 22.1. The van der Waals surface area contributed by atoms with Gasteiger partial charge < -0.3 is 15.4 Å². The molecule has 1 fully saturated rings. The average Bonchev–Trinajstić information content (AvgIpc) is 2.52. The molecule has 0 radical (unpaired) electrons. The van der Waals surface area contributed by atoms with E-state index in [2.05, 4.69) is 10.6 Å². The fourth-order valence-corrected chi connectivity index (χ4v) is 2.34. The molecule has 2 N–H and O–H groups in total. The summed E-state index contributed by atoms with van der Waals surface area (Å²) in [6.45, 7) is 2.31.